The molecule has 0 heterocycles. The van der Waals surface area contributed by atoms with E-state index < -0.39 is 0 Å². The first kappa shape index (κ1) is 13.9. The number of aryl methyl sites for hydroxylation is 1. The fourth-order valence-electron chi connectivity index (χ4n) is 1.61. The number of hydrogen-bond acceptors (Lipinski definition) is 1. The van der Waals surface area contributed by atoms with Gasteiger partial charge in [-0.05, 0) is 46.5 Å². The summed E-state index contributed by atoms with van der Waals surface area (Å²) < 4.78 is 1.08. The van der Waals surface area contributed by atoms with Crippen molar-refractivity contribution in [1.82, 2.24) is 0 Å². The van der Waals surface area contributed by atoms with Gasteiger partial charge in [0.05, 0.1) is 0 Å². The maximum atomic E-state index is 6.11. The summed E-state index contributed by atoms with van der Waals surface area (Å²) in [6.07, 6.45) is 2.42. The van der Waals surface area contributed by atoms with Gasteiger partial charge in [-0.15, -0.1) is 0 Å². The molecule has 0 aromatic heterocycles. The van der Waals surface area contributed by atoms with E-state index in [-0.39, 0.29) is 0 Å². The van der Waals surface area contributed by atoms with E-state index in [1.807, 2.05) is 13.0 Å². The molecule has 1 rings (SSSR count). The third kappa shape index (κ3) is 3.67. The first-order valence-electron chi connectivity index (χ1n) is 5.78. The van der Waals surface area contributed by atoms with E-state index in [1.165, 1.54) is 12.8 Å². The predicted molar refractivity (Wildman–Crippen MR) is 76.5 cm³/mol. The van der Waals surface area contributed by atoms with E-state index in [9.17, 15) is 0 Å². The molecule has 0 saturated carbocycles. The zero-order chi connectivity index (χ0) is 12.1. The van der Waals surface area contributed by atoms with Crippen LogP contribution in [0.15, 0.2) is 16.6 Å². The molecule has 0 aliphatic heterocycles. The first-order chi connectivity index (χ1) is 7.58. The molecule has 1 nitrogen and oxygen atoms in total. The zero-order valence-corrected chi connectivity index (χ0v) is 12.5. The summed E-state index contributed by atoms with van der Waals surface area (Å²) in [4.78, 5) is 0. The Balaban J connectivity index is 2.70. The molecule has 3 heteroatoms. The number of anilines is 1. The van der Waals surface area contributed by atoms with E-state index in [4.69, 9.17) is 11.6 Å². The van der Waals surface area contributed by atoms with E-state index in [1.54, 1.807) is 0 Å². The van der Waals surface area contributed by atoms with Crippen LogP contribution in [0.4, 0.5) is 5.69 Å². The number of hydrogen-bond donors (Lipinski definition) is 1. The van der Waals surface area contributed by atoms with Crippen molar-refractivity contribution >= 4 is 33.2 Å². The molecular weight excluding hydrogens is 286 g/mol. The summed E-state index contributed by atoms with van der Waals surface area (Å²) in [6.45, 7) is 7.47. The normalized spacial score (nSPS) is 10.9. The standard InChI is InChI=1S/C13H19BrClN/c1-4-10(5-2)8-16-13-7-12(15)9(3)6-11(13)14/h6-7,10,16H,4-5,8H2,1-3H3. The van der Waals surface area contributed by atoms with Gasteiger partial charge in [0, 0.05) is 21.7 Å². The van der Waals surface area contributed by atoms with Crippen LogP contribution in [0.5, 0.6) is 0 Å². The Hall–Kier alpha value is -0.210. The Kier molecular flexibility index (Phi) is 5.63. The van der Waals surface area contributed by atoms with Crippen molar-refractivity contribution in [1.29, 1.82) is 0 Å². The van der Waals surface area contributed by atoms with Gasteiger partial charge in [-0.3, -0.25) is 0 Å². The summed E-state index contributed by atoms with van der Waals surface area (Å²) in [5.41, 5.74) is 2.18. The summed E-state index contributed by atoms with van der Waals surface area (Å²) in [5.74, 6) is 0.729. The van der Waals surface area contributed by atoms with Crippen LogP contribution in [0.1, 0.15) is 32.3 Å². The van der Waals surface area contributed by atoms with Crippen molar-refractivity contribution in [3.8, 4) is 0 Å². The van der Waals surface area contributed by atoms with E-state index in [2.05, 4.69) is 41.2 Å². The molecule has 0 aliphatic carbocycles. The van der Waals surface area contributed by atoms with Gasteiger partial charge in [0.25, 0.3) is 0 Å². The van der Waals surface area contributed by atoms with Crippen molar-refractivity contribution in [2.24, 2.45) is 5.92 Å². The number of rotatable bonds is 5. The molecule has 0 atom stereocenters. The van der Waals surface area contributed by atoms with Gasteiger partial charge in [0.2, 0.25) is 0 Å². The van der Waals surface area contributed by atoms with Gasteiger partial charge >= 0.3 is 0 Å². The maximum absolute atomic E-state index is 6.11. The van der Waals surface area contributed by atoms with Crippen molar-refractivity contribution in [3.63, 3.8) is 0 Å². The molecule has 0 bridgehead atoms. The Morgan fingerprint density at radius 1 is 1.31 bits per heavy atom. The van der Waals surface area contributed by atoms with E-state index >= 15 is 0 Å². The Labute approximate surface area is 112 Å². The fraction of sp³-hybridized carbons (Fsp3) is 0.538. The quantitative estimate of drug-likeness (QED) is 0.782. The maximum Gasteiger partial charge on any atom is 0.0499 e. The largest absolute Gasteiger partial charge is 0.384 e. The van der Waals surface area contributed by atoms with Crippen LogP contribution in [0.3, 0.4) is 0 Å². The minimum atomic E-state index is 0.729. The number of halogens is 2. The summed E-state index contributed by atoms with van der Waals surface area (Å²) in [5, 5.41) is 4.27. The lowest BCUT2D eigenvalue weighted by Crippen LogP contribution is -2.13. The molecule has 1 aromatic rings. The van der Waals surface area contributed by atoms with Gasteiger partial charge in [-0.1, -0.05) is 38.3 Å². The van der Waals surface area contributed by atoms with Crippen molar-refractivity contribution < 1.29 is 0 Å². The second-order valence-corrected chi connectivity index (χ2v) is 5.41. The highest BCUT2D eigenvalue weighted by Gasteiger charge is 2.07. The lowest BCUT2D eigenvalue weighted by atomic mass is 10.0. The predicted octanol–water partition coefficient (Wildman–Crippen LogP) is 5.26. The first-order valence-corrected chi connectivity index (χ1v) is 6.95. The minimum absolute atomic E-state index is 0.729. The van der Waals surface area contributed by atoms with Crippen LogP contribution >= 0.6 is 27.5 Å². The van der Waals surface area contributed by atoms with E-state index in [0.717, 1.165) is 33.2 Å². The average Bonchev–Trinajstić information content (AvgIpc) is 2.26. The molecule has 0 saturated heterocycles. The number of nitrogens with one attached hydrogen (secondary N) is 1. The molecule has 1 aromatic carbocycles. The van der Waals surface area contributed by atoms with Gasteiger partial charge in [0.1, 0.15) is 0 Å². The molecule has 16 heavy (non-hydrogen) atoms. The molecular formula is C13H19BrClN. The molecule has 0 amide bonds. The second-order valence-electron chi connectivity index (χ2n) is 4.14. The second kappa shape index (κ2) is 6.51. The van der Waals surface area contributed by atoms with Crippen molar-refractivity contribution in [2.45, 2.75) is 33.6 Å². The SMILES string of the molecule is CCC(CC)CNc1cc(Cl)c(C)cc1Br. The third-order valence-corrected chi connectivity index (χ3v) is 4.05. The van der Waals surface area contributed by atoms with Crippen molar-refractivity contribution in [2.75, 3.05) is 11.9 Å². The Morgan fingerprint density at radius 2 is 1.94 bits per heavy atom. The van der Waals surface area contributed by atoms with Crippen molar-refractivity contribution in [3.05, 3.63) is 27.2 Å². The molecule has 0 fully saturated rings. The molecule has 0 aliphatic rings. The van der Waals surface area contributed by atoms with Crippen LogP contribution in [-0.2, 0) is 0 Å². The molecule has 0 spiro atoms. The van der Waals surface area contributed by atoms with Crippen LogP contribution < -0.4 is 5.32 Å². The topological polar surface area (TPSA) is 12.0 Å². The zero-order valence-electron chi connectivity index (χ0n) is 10.1. The Bertz CT molecular complexity index is 348. The molecule has 0 radical (unpaired) electrons. The highest BCUT2D eigenvalue weighted by atomic mass is 79.9. The lowest BCUT2D eigenvalue weighted by molar-refractivity contribution is 0.519. The highest BCUT2D eigenvalue weighted by molar-refractivity contribution is 9.10. The van der Waals surface area contributed by atoms with Gasteiger partial charge in [0.15, 0.2) is 0 Å². The molecule has 90 valence electrons. The summed E-state index contributed by atoms with van der Waals surface area (Å²) in [6, 6.07) is 4.04. The molecule has 0 unspecified atom stereocenters. The van der Waals surface area contributed by atoms with Gasteiger partial charge in [-0.25, -0.2) is 0 Å². The fourth-order valence-corrected chi connectivity index (χ4v) is 2.38. The van der Waals surface area contributed by atoms with Gasteiger partial charge < -0.3 is 5.32 Å². The van der Waals surface area contributed by atoms with E-state index in [0.29, 0.717) is 0 Å². The van der Waals surface area contributed by atoms with Gasteiger partial charge in [-0.2, -0.15) is 0 Å². The summed E-state index contributed by atoms with van der Waals surface area (Å²) in [7, 11) is 0. The smallest absolute Gasteiger partial charge is 0.0499 e. The highest BCUT2D eigenvalue weighted by Crippen LogP contribution is 2.29. The van der Waals surface area contributed by atoms with Crippen LogP contribution in [0.25, 0.3) is 0 Å². The van der Waals surface area contributed by atoms with Crippen LogP contribution in [0.2, 0.25) is 5.02 Å². The lowest BCUT2D eigenvalue weighted by Gasteiger charge is -2.16. The average molecular weight is 305 g/mol. The van der Waals surface area contributed by atoms with Crippen LogP contribution in [-0.4, -0.2) is 6.54 Å². The summed E-state index contributed by atoms with van der Waals surface area (Å²) >= 11 is 9.66. The van der Waals surface area contributed by atoms with Crippen LogP contribution in [0, 0.1) is 12.8 Å². The third-order valence-electron chi connectivity index (χ3n) is 2.98. The monoisotopic (exact) mass is 303 g/mol. The molecule has 1 N–H and O–H groups in total. The Morgan fingerprint density at radius 3 is 2.50 bits per heavy atom. The minimum Gasteiger partial charge on any atom is -0.384 e. The number of benzene rings is 1.